The molecule has 1 heterocycles. The largest absolute Gasteiger partial charge is 0.312 e. The zero-order valence-electron chi connectivity index (χ0n) is 12.6. The van der Waals surface area contributed by atoms with Crippen LogP contribution in [0.2, 0.25) is 0 Å². The van der Waals surface area contributed by atoms with Gasteiger partial charge >= 0.3 is 0 Å². The second-order valence-electron chi connectivity index (χ2n) is 6.84. The molecule has 0 spiro atoms. The Morgan fingerprint density at radius 1 is 1.17 bits per heavy atom. The van der Waals surface area contributed by atoms with E-state index in [0.29, 0.717) is 6.04 Å². The van der Waals surface area contributed by atoms with Crippen LogP contribution < -0.4 is 5.32 Å². The first-order chi connectivity index (χ1) is 8.69. The molecule has 0 aromatic rings. The van der Waals surface area contributed by atoms with E-state index in [0.717, 1.165) is 17.9 Å². The molecule has 1 N–H and O–H groups in total. The van der Waals surface area contributed by atoms with E-state index < -0.39 is 0 Å². The molecule has 2 fully saturated rings. The summed E-state index contributed by atoms with van der Waals surface area (Å²) in [6.45, 7) is 10.9. The predicted molar refractivity (Wildman–Crippen MR) is 78.9 cm³/mol. The van der Waals surface area contributed by atoms with Crippen LogP contribution in [-0.4, -0.2) is 36.6 Å². The number of hydrogen-bond acceptors (Lipinski definition) is 2. The lowest BCUT2D eigenvalue weighted by molar-refractivity contribution is 0.103. The van der Waals surface area contributed by atoms with Crippen LogP contribution in [-0.2, 0) is 0 Å². The highest BCUT2D eigenvalue weighted by Crippen LogP contribution is 2.27. The van der Waals surface area contributed by atoms with Gasteiger partial charge in [0.25, 0.3) is 0 Å². The Bertz CT molecular complexity index is 235. The van der Waals surface area contributed by atoms with Gasteiger partial charge < -0.3 is 5.32 Å². The van der Waals surface area contributed by atoms with Crippen molar-refractivity contribution in [3.63, 3.8) is 0 Å². The molecule has 2 nitrogen and oxygen atoms in total. The first-order valence-corrected chi connectivity index (χ1v) is 8.16. The fourth-order valence-corrected chi connectivity index (χ4v) is 3.46. The standard InChI is InChI=1S/C16H32N2/c1-4-6-15-9-16(12-18(11-15)13(2)3)17-10-14-7-5-8-14/h13-17H,4-12H2,1-3H3. The molecule has 2 heteroatoms. The average Bonchev–Trinajstić information content (AvgIpc) is 2.27. The lowest BCUT2D eigenvalue weighted by Gasteiger charge is -2.41. The van der Waals surface area contributed by atoms with Gasteiger partial charge in [0.1, 0.15) is 0 Å². The van der Waals surface area contributed by atoms with Crippen LogP contribution >= 0.6 is 0 Å². The average molecular weight is 252 g/mol. The molecule has 2 unspecified atom stereocenters. The summed E-state index contributed by atoms with van der Waals surface area (Å²) in [5.74, 6) is 1.91. The first kappa shape index (κ1) is 14.3. The lowest BCUT2D eigenvalue weighted by Crippen LogP contribution is -2.52. The Balaban J connectivity index is 1.79. The van der Waals surface area contributed by atoms with Gasteiger partial charge in [0.05, 0.1) is 0 Å². The van der Waals surface area contributed by atoms with E-state index in [1.54, 1.807) is 0 Å². The van der Waals surface area contributed by atoms with E-state index in [1.807, 2.05) is 0 Å². The highest BCUT2D eigenvalue weighted by Gasteiger charge is 2.28. The molecule has 106 valence electrons. The molecular formula is C16H32N2. The molecular weight excluding hydrogens is 220 g/mol. The monoisotopic (exact) mass is 252 g/mol. The number of likely N-dealkylation sites (tertiary alicyclic amines) is 1. The molecule has 0 bridgehead atoms. The van der Waals surface area contributed by atoms with Gasteiger partial charge in [0, 0.05) is 25.2 Å². The van der Waals surface area contributed by atoms with Crippen LogP contribution in [0.1, 0.15) is 59.3 Å². The molecule has 1 saturated carbocycles. The molecule has 1 saturated heterocycles. The van der Waals surface area contributed by atoms with Gasteiger partial charge in [-0.3, -0.25) is 4.90 Å². The van der Waals surface area contributed by atoms with Crippen LogP contribution in [0.25, 0.3) is 0 Å². The molecule has 0 amide bonds. The Morgan fingerprint density at radius 2 is 1.94 bits per heavy atom. The maximum absolute atomic E-state index is 3.86. The third-order valence-corrected chi connectivity index (χ3v) is 4.91. The topological polar surface area (TPSA) is 15.3 Å². The summed E-state index contributed by atoms with van der Waals surface area (Å²) in [6.07, 6.45) is 8.55. The number of nitrogens with zero attached hydrogens (tertiary/aromatic N) is 1. The van der Waals surface area contributed by atoms with Crippen molar-refractivity contribution in [3.8, 4) is 0 Å². The Kier molecular flexibility index (Phi) is 5.50. The summed E-state index contributed by atoms with van der Waals surface area (Å²) in [6, 6.07) is 1.45. The van der Waals surface area contributed by atoms with E-state index in [1.165, 1.54) is 58.2 Å². The van der Waals surface area contributed by atoms with Crippen molar-refractivity contribution in [3.05, 3.63) is 0 Å². The smallest absolute Gasteiger partial charge is 0.0198 e. The minimum absolute atomic E-state index is 0.706. The number of rotatable bonds is 6. The van der Waals surface area contributed by atoms with Gasteiger partial charge in [-0.15, -0.1) is 0 Å². The van der Waals surface area contributed by atoms with Gasteiger partial charge in [-0.2, -0.15) is 0 Å². The summed E-state index contributed by atoms with van der Waals surface area (Å²) < 4.78 is 0. The van der Waals surface area contributed by atoms with Crippen molar-refractivity contribution in [2.75, 3.05) is 19.6 Å². The quantitative estimate of drug-likeness (QED) is 0.780. The van der Waals surface area contributed by atoms with Crippen molar-refractivity contribution < 1.29 is 0 Å². The third-order valence-electron chi connectivity index (χ3n) is 4.91. The molecule has 0 aromatic heterocycles. The maximum atomic E-state index is 3.86. The zero-order valence-corrected chi connectivity index (χ0v) is 12.6. The van der Waals surface area contributed by atoms with Crippen molar-refractivity contribution in [2.24, 2.45) is 11.8 Å². The van der Waals surface area contributed by atoms with Gasteiger partial charge in [-0.1, -0.05) is 19.8 Å². The van der Waals surface area contributed by atoms with E-state index >= 15 is 0 Å². The minimum Gasteiger partial charge on any atom is -0.312 e. The second-order valence-corrected chi connectivity index (χ2v) is 6.84. The number of hydrogen-bond donors (Lipinski definition) is 1. The fourth-order valence-electron chi connectivity index (χ4n) is 3.46. The summed E-state index contributed by atoms with van der Waals surface area (Å²) in [4.78, 5) is 2.68. The van der Waals surface area contributed by atoms with Crippen molar-refractivity contribution in [2.45, 2.75) is 71.4 Å². The summed E-state index contributed by atoms with van der Waals surface area (Å²) in [7, 11) is 0. The Labute approximate surface area is 114 Å². The normalized spacial score (nSPS) is 30.7. The molecule has 2 rings (SSSR count). The molecule has 1 aliphatic carbocycles. The summed E-state index contributed by atoms with van der Waals surface area (Å²) in [5.41, 5.74) is 0. The van der Waals surface area contributed by atoms with E-state index in [2.05, 4.69) is 31.0 Å². The van der Waals surface area contributed by atoms with E-state index in [9.17, 15) is 0 Å². The van der Waals surface area contributed by atoms with Gasteiger partial charge in [-0.05, 0) is 57.9 Å². The molecule has 0 aromatic carbocycles. The van der Waals surface area contributed by atoms with Crippen LogP contribution in [0, 0.1) is 11.8 Å². The summed E-state index contributed by atoms with van der Waals surface area (Å²) in [5, 5.41) is 3.86. The molecule has 1 aliphatic heterocycles. The fraction of sp³-hybridized carbons (Fsp3) is 1.00. The molecule has 18 heavy (non-hydrogen) atoms. The number of piperidine rings is 1. The molecule has 2 aliphatic rings. The first-order valence-electron chi connectivity index (χ1n) is 8.16. The number of nitrogens with one attached hydrogen (secondary N) is 1. The Hall–Kier alpha value is -0.0800. The highest BCUT2D eigenvalue weighted by atomic mass is 15.2. The zero-order chi connectivity index (χ0) is 13.0. The van der Waals surface area contributed by atoms with E-state index in [-0.39, 0.29) is 0 Å². The lowest BCUT2D eigenvalue weighted by atomic mass is 9.84. The van der Waals surface area contributed by atoms with Crippen LogP contribution in [0.15, 0.2) is 0 Å². The van der Waals surface area contributed by atoms with Crippen molar-refractivity contribution >= 4 is 0 Å². The third kappa shape index (κ3) is 3.96. The second kappa shape index (κ2) is 6.91. The Morgan fingerprint density at radius 3 is 2.50 bits per heavy atom. The molecule has 2 atom stereocenters. The molecule has 0 radical (unpaired) electrons. The van der Waals surface area contributed by atoms with E-state index in [4.69, 9.17) is 0 Å². The van der Waals surface area contributed by atoms with Gasteiger partial charge in [0.15, 0.2) is 0 Å². The highest BCUT2D eigenvalue weighted by molar-refractivity contribution is 4.86. The summed E-state index contributed by atoms with van der Waals surface area (Å²) >= 11 is 0. The predicted octanol–water partition coefficient (Wildman–Crippen LogP) is 3.28. The minimum atomic E-state index is 0.706. The van der Waals surface area contributed by atoms with Gasteiger partial charge in [0.2, 0.25) is 0 Å². The SMILES string of the molecule is CCCC1CC(NCC2CCC2)CN(C(C)C)C1. The van der Waals surface area contributed by atoms with Gasteiger partial charge in [-0.25, -0.2) is 0 Å². The van der Waals surface area contributed by atoms with Crippen molar-refractivity contribution in [1.82, 2.24) is 10.2 Å². The van der Waals surface area contributed by atoms with Crippen molar-refractivity contribution in [1.29, 1.82) is 0 Å². The van der Waals surface area contributed by atoms with Crippen LogP contribution in [0.3, 0.4) is 0 Å². The van der Waals surface area contributed by atoms with Crippen LogP contribution in [0.5, 0.6) is 0 Å². The van der Waals surface area contributed by atoms with Crippen LogP contribution in [0.4, 0.5) is 0 Å². The maximum Gasteiger partial charge on any atom is 0.0198 e.